The van der Waals surface area contributed by atoms with Gasteiger partial charge >= 0.3 is 15.2 Å². The molecular formula is C5H15N2O7P2. The molecule has 0 aromatic heterocycles. The lowest BCUT2D eigenvalue weighted by molar-refractivity contribution is 0.165. The average molecular weight is 277 g/mol. The van der Waals surface area contributed by atoms with Gasteiger partial charge in [0.25, 0.3) is 0 Å². The second-order valence-corrected chi connectivity index (χ2v) is 6.59. The summed E-state index contributed by atoms with van der Waals surface area (Å²) in [7, 11) is -7.36. The number of aliphatic hydroxyl groups excluding tert-OH is 1. The highest BCUT2D eigenvalue weighted by Gasteiger charge is 2.27. The molecule has 0 bridgehead atoms. The van der Waals surface area contributed by atoms with Gasteiger partial charge in [-0.05, 0) is 7.05 Å². The van der Waals surface area contributed by atoms with E-state index in [-0.39, 0.29) is 6.54 Å². The normalized spacial score (nSPS) is 15.4. The quantitative estimate of drug-likeness (QED) is 0.298. The van der Waals surface area contributed by atoms with Crippen molar-refractivity contribution in [2.45, 2.75) is 5.85 Å². The van der Waals surface area contributed by atoms with Crippen LogP contribution in [0.4, 0.5) is 0 Å². The molecule has 1 unspecified atom stereocenters. The molecule has 6 N–H and O–H groups in total. The topological polar surface area (TPSA) is 151 Å². The summed E-state index contributed by atoms with van der Waals surface area (Å²) in [6.45, 7) is 0.746. The molecule has 0 fully saturated rings. The van der Waals surface area contributed by atoms with Crippen LogP contribution in [-0.4, -0.2) is 55.3 Å². The lowest BCUT2D eigenvalue weighted by Crippen LogP contribution is -2.32. The number of nitrogens with zero attached hydrogens (tertiary/aromatic N) is 1. The van der Waals surface area contributed by atoms with Gasteiger partial charge in [-0.15, -0.1) is 0 Å². The fourth-order valence-corrected chi connectivity index (χ4v) is 1.52. The maximum Gasteiger partial charge on any atom is 0.355 e. The first-order valence-electron chi connectivity index (χ1n) is 4.07. The number of likely N-dealkylation sites (N-methyl/N-ethyl adjacent to an activating group) is 1. The van der Waals surface area contributed by atoms with Crippen molar-refractivity contribution in [3.8, 4) is 0 Å². The molecule has 11 heteroatoms. The third-order valence-corrected chi connectivity index (χ3v) is 2.98. The van der Waals surface area contributed by atoms with E-state index >= 15 is 0 Å². The minimum atomic E-state index is -4.56. The molecule has 1 atom stereocenters. The second-order valence-electron chi connectivity index (χ2n) is 3.17. The minimum Gasteiger partial charge on any atom is -0.379 e. The van der Waals surface area contributed by atoms with Crippen LogP contribution in [0.15, 0.2) is 0 Å². The van der Waals surface area contributed by atoms with Crippen molar-refractivity contribution in [1.82, 2.24) is 10.2 Å². The van der Waals surface area contributed by atoms with Crippen LogP contribution >= 0.6 is 15.2 Å². The van der Waals surface area contributed by atoms with Gasteiger partial charge in [-0.25, -0.2) is 0 Å². The van der Waals surface area contributed by atoms with E-state index in [0.717, 1.165) is 6.67 Å². The van der Waals surface area contributed by atoms with Crippen molar-refractivity contribution in [3.05, 3.63) is 6.67 Å². The van der Waals surface area contributed by atoms with Gasteiger partial charge in [-0.1, -0.05) is 0 Å². The van der Waals surface area contributed by atoms with Crippen LogP contribution in [0.5, 0.6) is 0 Å². The van der Waals surface area contributed by atoms with Crippen molar-refractivity contribution in [3.63, 3.8) is 0 Å². The van der Waals surface area contributed by atoms with Crippen LogP contribution in [0.25, 0.3) is 0 Å². The molecule has 0 aromatic carbocycles. The van der Waals surface area contributed by atoms with Gasteiger partial charge < -0.3 is 24.7 Å². The predicted molar refractivity (Wildman–Crippen MR) is 55.0 cm³/mol. The monoisotopic (exact) mass is 277 g/mol. The lowest BCUT2D eigenvalue weighted by Gasteiger charge is -2.20. The molecule has 1 radical (unpaired) electrons. The maximum atomic E-state index is 10.6. The number of hydrogen-bond acceptors (Lipinski definition) is 5. The van der Waals surface area contributed by atoms with Crippen LogP contribution in [0.2, 0.25) is 0 Å². The van der Waals surface area contributed by atoms with Crippen molar-refractivity contribution in [1.29, 1.82) is 0 Å². The van der Waals surface area contributed by atoms with Crippen molar-refractivity contribution < 1.29 is 33.8 Å². The van der Waals surface area contributed by atoms with Gasteiger partial charge in [-0.2, -0.15) is 0 Å². The molecule has 0 aromatic rings. The molecule has 0 aliphatic heterocycles. The van der Waals surface area contributed by atoms with Crippen molar-refractivity contribution >= 4 is 15.2 Å². The summed E-state index contributed by atoms with van der Waals surface area (Å²) < 4.78 is 21.0. The third-order valence-electron chi connectivity index (χ3n) is 1.45. The lowest BCUT2D eigenvalue weighted by atomic mass is 10.6. The first-order valence-corrected chi connectivity index (χ1v) is 7.55. The summed E-state index contributed by atoms with van der Waals surface area (Å²) in [6.07, 6.45) is -0.594. The predicted octanol–water partition coefficient (Wildman–Crippen LogP) is -1.74. The Morgan fingerprint density at radius 2 is 1.81 bits per heavy atom. The van der Waals surface area contributed by atoms with Crippen LogP contribution in [-0.2, 0) is 9.13 Å². The molecule has 0 aliphatic rings. The Bertz CT molecular complexity index is 299. The Labute approximate surface area is 92.4 Å². The Morgan fingerprint density at radius 1 is 1.31 bits per heavy atom. The van der Waals surface area contributed by atoms with Crippen LogP contribution in [0.1, 0.15) is 0 Å². The molecule has 97 valence electrons. The van der Waals surface area contributed by atoms with Crippen LogP contribution < -0.4 is 5.32 Å². The van der Waals surface area contributed by atoms with Gasteiger partial charge in [0.2, 0.25) is 0 Å². The molecule has 0 rings (SSSR count). The summed E-state index contributed by atoms with van der Waals surface area (Å²) >= 11 is 0. The number of hydrogen-bond donors (Lipinski definition) is 6. The van der Waals surface area contributed by atoms with Gasteiger partial charge in [-0.3, -0.25) is 19.3 Å². The molecular weight excluding hydrogens is 262 g/mol. The Hall–Kier alpha value is 0.180. The van der Waals surface area contributed by atoms with E-state index < -0.39 is 27.3 Å². The average Bonchev–Trinajstić information content (AvgIpc) is 1.99. The van der Waals surface area contributed by atoms with E-state index in [0.29, 0.717) is 0 Å². The Kier molecular flexibility index (Phi) is 6.27. The van der Waals surface area contributed by atoms with E-state index in [1.807, 2.05) is 0 Å². The Balaban J connectivity index is 3.88. The largest absolute Gasteiger partial charge is 0.379 e. The number of nitrogens with one attached hydrogen (secondary N) is 1. The molecule has 0 saturated heterocycles. The number of aliphatic hydroxyl groups is 1. The SMILES string of the molecule is CN([CH]NCP(=O)(O)O)CC(O)P(=O)(O)O. The highest BCUT2D eigenvalue weighted by molar-refractivity contribution is 7.52. The second kappa shape index (κ2) is 6.20. The van der Waals surface area contributed by atoms with Crippen molar-refractivity contribution in [2.75, 3.05) is 19.9 Å². The van der Waals surface area contributed by atoms with E-state index in [1.54, 1.807) is 0 Å². The number of rotatable bonds is 7. The van der Waals surface area contributed by atoms with Crippen molar-refractivity contribution in [2.24, 2.45) is 0 Å². The maximum absolute atomic E-state index is 10.6. The molecule has 0 amide bonds. The van der Waals surface area contributed by atoms with Gasteiger partial charge in [0.05, 0.1) is 13.0 Å². The van der Waals surface area contributed by atoms with Gasteiger partial charge in [0.1, 0.15) is 0 Å². The van der Waals surface area contributed by atoms with Crippen LogP contribution in [0, 0.1) is 6.67 Å². The molecule has 0 aliphatic carbocycles. The third kappa shape index (κ3) is 8.35. The Morgan fingerprint density at radius 3 is 2.19 bits per heavy atom. The fraction of sp³-hybridized carbons (Fsp3) is 0.800. The first-order chi connectivity index (χ1) is 7.02. The van der Waals surface area contributed by atoms with Gasteiger partial charge in [0, 0.05) is 6.54 Å². The van der Waals surface area contributed by atoms with E-state index in [9.17, 15) is 9.13 Å². The summed E-state index contributed by atoms with van der Waals surface area (Å²) in [5.41, 5.74) is 0. The highest BCUT2D eigenvalue weighted by atomic mass is 31.2. The molecule has 16 heavy (non-hydrogen) atoms. The van der Waals surface area contributed by atoms with E-state index in [2.05, 4.69) is 5.32 Å². The molecule has 0 heterocycles. The smallest absolute Gasteiger partial charge is 0.355 e. The van der Waals surface area contributed by atoms with Gasteiger partial charge in [0.15, 0.2) is 5.85 Å². The summed E-state index contributed by atoms with van der Waals surface area (Å²) in [5.74, 6) is -1.84. The van der Waals surface area contributed by atoms with E-state index in [1.165, 1.54) is 11.9 Å². The minimum absolute atomic E-state index is 0.363. The highest BCUT2D eigenvalue weighted by Crippen LogP contribution is 2.39. The molecule has 0 saturated carbocycles. The van der Waals surface area contributed by atoms with Crippen LogP contribution in [0.3, 0.4) is 0 Å². The zero-order chi connectivity index (χ0) is 13.0. The zero-order valence-electron chi connectivity index (χ0n) is 8.46. The summed E-state index contributed by atoms with van der Waals surface area (Å²) in [5, 5.41) is 11.3. The van der Waals surface area contributed by atoms with E-state index in [4.69, 9.17) is 24.7 Å². The summed E-state index contributed by atoms with van der Waals surface area (Å²) in [4.78, 5) is 35.3. The standard InChI is InChI=1S/C5H15N2O7P2/c1-7(2-5(8)16(12,13)14)3-6-4-15(9,10)11/h3,5-6,8H,2,4H2,1H3,(H2,9,10,11)(H2,12,13,14). The first kappa shape index (κ1) is 16.2. The zero-order valence-corrected chi connectivity index (χ0v) is 10.3. The fourth-order valence-electron chi connectivity index (χ4n) is 0.732. The molecule has 0 spiro atoms. The summed E-state index contributed by atoms with van der Waals surface area (Å²) in [6, 6.07) is 0. The molecule has 9 nitrogen and oxygen atoms in total.